The molecule has 2 aliphatic heterocycles. The summed E-state index contributed by atoms with van der Waals surface area (Å²) in [5.74, 6) is 2.91. The van der Waals surface area contributed by atoms with Crippen LogP contribution >= 0.6 is 0 Å². The molecule has 3 heterocycles. The number of ether oxygens (including phenoxy) is 2. The van der Waals surface area contributed by atoms with Gasteiger partial charge in [0.15, 0.2) is 23.1 Å². The van der Waals surface area contributed by atoms with E-state index in [1.165, 1.54) is 12.8 Å². The Balaban J connectivity index is 1.60. The smallest absolute Gasteiger partial charge is 0.163 e. The molecule has 0 bridgehead atoms. The summed E-state index contributed by atoms with van der Waals surface area (Å²) in [6.07, 6.45) is 5.14. The molecule has 1 fully saturated rings. The summed E-state index contributed by atoms with van der Waals surface area (Å²) < 4.78 is 11.2. The first-order valence-electron chi connectivity index (χ1n) is 8.76. The van der Waals surface area contributed by atoms with E-state index in [4.69, 9.17) is 15.2 Å². The highest BCUT2D eigenvalue weighted by molar-refractivity contribution is 5.79. The van der Waals surface area contributed by atoms with Gasteiger partial charge < -0.3 is 25.4 Å². The number of nitrogens with two attached hydrogens (primary N) is 1. The second kappa shape index (κ2) is 6.66. The summed E-state index contributed by atoms with van der Waals surface area (Å²) >= 11 is 0. The average Bonchev–Trinajstić information content (AvgIpc) is 2.64. The minimum Gasteiger partial charge on any atom is -0.486 e. The summed E-state index contributed by atoms with van der Waals surface area (Å²) in [6, 6.07) is 6.16. The molecule has 7 nitrogen and oxygen atoms in total. The third-order valence-corrected chi connectivity index (χ3v) is 4.74. The van der Waals surface area contributed by atoms with E-state index in [1.807, 2.05) is 18.2 Å². The summed E-state index contributed by atoms with van der Waals surface area (Å²) in [5.41, 5.74) is 7.81. The van der Waals surface area contributed by atoms with Crippen molar-refractivity contribution in [3.63, 3.8) is 0 Å². The van der Waals surface area contributed by atoms with Gasteiger partial charge in [0.25, 0.3) is 0 Å². The van der Waals surface area contributed by atoms with Crippen molar-refractivity contribution in [1.29, 1.82) is 0 Å². The molecule has 132 valence electrons. The Bertz CT molecular complexity index is 767. The maximum atomic E-state index is 6.38. The van der Waals surface area contributed by atoms with E-state index < -0.39 is 0 Å². The van der Waals surface area contributed by atoms with Gasteiger partial charge in [0.05, 0.1) is 0 Å². The molecule has 1 atom stereocenters. The number of rotatable bonds is 3. The highest BCUT2D eigenvalue weighted by atomic mass is 16.6. The van der Waals surface area contributed by atoms with E-state index in [0.29, 0.717) is 30.8 Å². The average molecular weight is 341 g/mol. The number of nitrogens with one attached hydrogen (secondary N) is 1. The summed E-state index contributed by atoms with van der Waals surface area (Å²) in [4.78, 5) is 11.0. The fraction of sp³-hybridized carbons (Fsp3) is 0.444. The van der Waals surface area contributed by atoms with Gasteiger partial charge in [0, 0.05) is 24.3 Å². The van der Waals surface area contributed by atoms with Crippen molar-refractivity contribution in [3.05, 3.63) is 24.5 Å². The number of benzene rings is 1. The molecule has 7 heteroatoms. The van der Waals surface area contributed by atoms with Crippen molar-refractivity contribution >= 4 is 23.0 Å². The number of hydrogen-bond acceptors (Lipinski definition) is 7. The largest absolute Gasteiger partial charge is 0.486 e. The Morgan fingerprint density at radius 3 is 2.84 bits per heavy atom. The zero-order valence-electron chi connectivity index (χ0n) is 14.4. The molecule has 0 aliphatic carbocycles. The van der Waals surface area contributed by atoms with E-state index in [1.54, 1.807) is 6.33 Å². The van der Waals surface area contributed by atoms with E-state index in [2.05, 4.69) is 27.1 Å². The molecular formula is C18H23N5O2. The number of nitrogen functional groups attached to an aromatic ring is 1. The Hall–Kier alpha value is -2.70. The third kappa shape index (κ3) is 3.14. The lowest BCUT2D eigenvalue weighted by Gasteiger charge is -2.35. The highest BCUT2D eigenvalue weighted by Gasteiger charge is 2.23. The number of hydrogen-bond donors (Lipinski definition) is 2. The van der Waals surface area contributed by atoms with Crippen LogP contribution in [0.1, 0.15) is 26.2 Å². The Morgan fingerprint density at radius 1 is 1.16 bits per heavy atom. The molecule has 25 heavy (non-hydrogen) atoms. The van der Waals surface area contributed by atoms with Crippen molar-refractivity contribution in [2.75, 3.05) is 35.7 Å². The van der Waals surface area contributed by atoms with E-state index in [-0.39, 0.29) is 0 Å². The highest BCUT2D eigenvalue weighted by Crippen LogP contribution is 2.36. The third-order valence-electron chi connectivity index (χ3n) is 4.74. The molecule has 2 aliphatic rings. The zero-order chi connectivity index (χ0) is 17.2. The van der Waals surface area contributed by atoms with Crippen molar-refractivity contribution in [1.82, 2.24) is 9.97 Å². The van der Waals surface area contributed by atoms with Crippen LogP contribution in [0.5, 0.6) is 11.5 Å². The lowest BCUT2D eigenvalue weighted by Crippen LogP contribution is -2.38. The number of anilines is 4. The molecule has 1 aromatic carbocycles. The number of fused-ring (bicyclic) bond motifs is 1. The van der Waals surface area contributed by atoms with Gasteiger partial charge in [-0.3, -0.25) is 0 Å². The standard InChI is InChI=1S/C18H23N5O2/c1-12-4-2-3-7-23(12)18-16(19)17(20-11-21-18)22-13-5-6-14-15(10-13)25-9-8-24-14/h5-6,10-12H,2-4,7-9,19H2,1H3,(H,20,21,22). The van der Waals surface area contributed by atoms with Crippen LogP contribution in [-0.2, 0) is 0 Å². The van der Waals surface area contributed by atoms with E-state index in [0.717, 1.165) is 36.0 Å². The van der Waals surface area contributed by atoms with Crippen LogP contribution in [0.4, 0.5) is 23.0 Å². The first-order chi connectivity index (χ1) is 12.2. The van der Waals surface area contributed by atoms with Gasteiger partial charge in [-0.25, -0.2) is 9.97 Å². The van der Waals surface area contributed by atoms with Crippen LogP contribution in [0.15, 0.2) is 24.5 Å². The lowest BCUT2D eigenvalue weighted by molar-refractivity contribution is 0.171. The SMILES string of the molecule is CC1CCCCN1c1ncnc(Nc2ccc3c(c2)OCCO3)c1N. The molecule has 1 saturated heterocycles. The van der Waals surface area contributed by atoms with Gasteiger partial charge >= 0.3 is 0 Å². The van der Waals surface area contributed by atoms with E-state index >= 15 is 0 Å². The first kappa shape index (κ1) is 15.8. The summed E-state index contributed by atoms with van der Waals surface area (Å²) in [6.45, 7) is 4.33. The molecule has 0 radical (unpaired) electrons. The van der Waals surface area contributed by atoms with Crippen molar-refractivity contribution < 1.29 is 9.47 Å². The van der Waals surface area contributed by atoms with Crippen LogP contribution in [0.2, 0.25) is 0 Å². The number of aromatic nitrogens is 2. The summed E-state index contributed by atoms with van der Waals surface area (Å²) in [7, 11) is 0. The van der Waals surface area contributed by atoms with Gasteiger partial charge in [0.1, 0.15) is 25.2 Å². The molecule has 0 saturated carbocycles. The van der Waals surface area contributed by atoms with Crippen LogP contribution in [-0.4, -0.2) is 35.8 Å². The van der Waals surface area contributed by atoms with Crippen molar-refractivity contribution in [2.45, 2.75) is 32.2 Å². The quantitative estimate of drug-likeness (QED) is 0.887. The van der Waals surface area contributed by atoms with Gasteiger partial charge in [-0.15, -0.1) is 0 Å². The maximum absolute atomic E-state index is 6.38. The van der Waals surface area contributed by atoms with Gasteiger partial charge in [-0.1, -0.05) is 0 Å². The van der Waals surface area contributed by atoms with Crippen LogP contribution in [0.25, 0.3) is 0 Å². The molecule has 1 unspecified atom stereocenters. The molecule has 1 aromatic heterocycles. The number of piperidine rings is 1. The lowest BCUT2D eigenvalue weighted by atomic mass is 10.0. The molecule has 0 spiro atoms. The zero-order valence-corrected chi connectivity index (χ0v) is 14.4. The topological polar surface area (TPSA) is 85.5 Å². The fourth-order valence-corrected chi connectivity index (χ4v) is 3.39. The maximum Gasteiger partial charge on any atom is 0.163 e. The first-order valence-corrected chi connectivity index (χ1v) is 8.76. The Morgan fingerprint density at radius 2 is 2.00 bits per heavy atom. The van der Waals surface area contributed by atoms with Crippen LogP contribution < -0.4 is 25.4 Å². The minimum absolute atomic E-state index is 0.438. The van der Waals surface area contributed by atoms with Crippen LogP contribution in [0, 0.1) is 0 Å². The van der Waals surface area contributed by atoms with Crippen molar-refractivity contribution in [3.8, 4) is 11.5 Å². The summed E-state index contributed by atoms with van der Waals surface area (Å²) in [5, 5.41) is 3.28. The molecule has 3 N–H and O–H groups in total. The second-order valence-corrected chi connectivity index (χ2v) is 6.48. The van der Waals surface area contributed by atoms with Crippen LogP contribution in [0.3, 0.4) is 0 Å². The van der Waals surface area contributed by atoms with Gasteiger partial charge in [0.2, 0.25) is 0 Å². The Labute approximate surface area is 147 Å². The van der Waals surface area contributed by atoms with Gasteiger partial charge in [-0.2, -0.15) is 0 Å². The van der Waals surface area contributed by atoms with Crippen molar-refractivity contribution in [2.24, 2.45) is 0 Å². The second-order valence-electron chi connectivity index (χ2n) is 6.48. The molecule has 4 rings (SSSR count). The number of nitrogens with zero attached hydrogens (tertiary/aromatic N) is 3. The molecular weight excluding hydrogens is 318 g/mol. The minimum atomic E-state index is 0.438. The van der Waals surface area contributed by atoms with E-state index in [9.17, 15) is 0 Å². The Kier molecular flexibility index (Phi) is 4.21. The fourth-order valence-electron chi connectivity index (χ4n) is 3.39. The molecule has 0 amide bonds. The van der Waals surface area contributed by atoms with Gasteiger partial charge in [-0.05, 0) is 38.3 Å². The normalized spacial score (nSPS) is 19.6. The molecule has 2 aromatic rings. The monoisotopic (exact) mass is 341 g/mol. The predicted octanol–water partition coefficient (Wildman–Crippen LogP) is 2.95. The predicted molar refractivity (Wildman–Crippen MR) is 97.8 cm³/mol.